The average molecular weight is 129 g/mol. The van der Waals surface area contributed by atoms with Crippen LogP contribution in [0.1, 0.15) is 25.7 Å². The minimum atomic E-state index is -0.0437. The Morgan fingerprint density at radius 1 is 1.11 bits per heavy atom. The number of aliphatic hydroxyl groups excluding tert-OH is 1. The van der Waals surface area contributed by atoms with Crippen LogP contribution in [0.15, 0.2) is 0 Å². The molecule has 0 aromatic rings. The van der Waals surface area contributed by atoms with Gasteiger partial charge in [0.25, 0.3) is 0 Å². The van der Waals surface area contributed by atoms with Gasteiger partial charge in [-0.1, -0.05) is 0 Å². The summed E-state index contributed by atoms with van der Waals surface area (Å²) in [6.07, 6.45) is 4.28. The second-order valence-corrected chi connectivity index (χ2v) is 2.69. The molecule has 0 aliphatic carbocycles. The lowest BCUT2D eigenvalue weighted by Crippen LogP contribution is -2.24. The van der Waals surface area contributed by atoms with Crippen molar-refractivity contribution in [2.75, 3.05) is 13.1 Å². The highest BCUT2D eigenvalue weighted by atomic mass is 16.3. The van der Waals surface area contributed by atoms with Crippen molar-refractivity contribution in [1.82, 2.24) is 5.32 Å². The Bertz CT molecular complexity index is 67.3. The Morgan fingerprint density at radius 2 is 2.00 bits per heavy atom. The van der Waals surface area contributed by atoms with Crippen LogP contribution in [0, 0.1) is 0 Å². The van der Waals surface area contributed by atoms with Gasteiger partial charge in [-0.15, -0.1) is 0 Å². The molecule has 0 aromatic heterocycles. The minimum Gasteiger partial charge on any atom is -0.393 e. The molecule has 0 saturated carbocycles. The number of aliphatic hydroxyl groups is 1. The van der Waals surface area contributed by atoms with E-state index in [1.165, 1.54) is 12.8 Å². The van der Waals surface area contributed by atoms with Gasteiger partial charge in [-0.3, -0.25) is 0 Å². The lowest BCUT2D eigenvalue weighted by atomic mass is 10.1. The molecule has 0 bridgehead atoms. The van der Waals surface area contributed by atoms with Crippen molar-refractivity contribution < 1.29 is 5.11 Å². The van der Waals surface area contributed by atoms with Crippen LogP contribution in [-0.2, 0) is 0 Å². The van der Waals surface area contributed by atoms with Gasteiger partial charge in [0.1, 0.15) is 0 Å². The predicted molar refractivity (Wildman–Crippen MR) is 37.3 cm³/mol. The van der Waals surface area contributed by atoms with Gasteiger partial charge in [-0.05, 0) is 38.8 Å². The standard InChI is InChI=1S/C7H15NO/c9-7-3-1-2-5-8-6-4-7/h7-9H,1-6H2. The van der Waals surface area contributed by atoms with Crippen LogP contribution in [0.4, 0.5) is 0 Å². The van der Waals surface area contributed by atoms with Crippen molar-refractivity contribution in [3.8, 4) is 0 Å². The van der Waals surface area contributed by atoms with Crippen molar-refractivity contribution in [2.45, 2.75) is 31.8 Å². The topological polar surface area (TPSA) is 32.3 Å². The third kappa shape index (κ3) is 2.82. The van der Waals surface area contributed by atoms with Crippen molar-refractivity contribution in [3.05, 3.63) is 0 Å². The molecule has 1 unspecified atom stereocenters. The number of hydrogen-bond acceptors (Lipinski definition) is 2. The summed E-state index contributed by atoms with van der Waals surface area (Å²) in [5, 5.41) is 12.4. The molecule has 0 spiro atoms. The monoisotopic (exact) mass is 129 g/mol. The van der Waals surface area contributed by atoms with E-state index in [0.29, 0.717) is 0 Å². The summed E-state index contributed by atoms with van der Waals surface area (Å²) in [7, 11) is 0. The Morgan fingerprint density at radius 3 is 2.89 bits per heavy atom. The summed E-state index contributed by atoms with van der Waals surface area (Å²) < 4.78 is 0. The van der Waals surface area contributed by atoms with Gasteiger partial charge in [0.05, 0.1) is 6.10 Å². The first kappa shape index (κ1) is 7.03. The van der Waals surface area contributed by atoms with E-state index in [1.54, 1.807) is 0 Å². The van der Waals surface area contributed by atoms with Crippen LogP contribution in [0.2, 0.25) is 0 Å². The average Bonchev–Trinajstić information content (AvgIpc) is 1.79. The Hall–Kier alpha value is -0.0800. The first-order chi connectivity index (χ1) is 4.39. The molecule has 54 valence electrons. The van der Waals surface area contributed by atoms with Crippen LogP contribution >= 0.6 is 0 Å². The van der Waals surface area contributed by atoms with E-state index in [0.717, 1.165) is 25.9 Å². The maximum atomic E-state index is 9.17. The predicted octanol–water partition coefficient (Wildman–Crippen LogP) is 0.511. The van der Waals surface area contributed by atoms with Crippen LogP contribution < -0.4 is 5.32 Å². The fraction of sp³-hybridized carbons (Fsp3) is 1.00. The third-order valence-electron chi connectivity index (χ3n) is 1.80. The SMILES string of the molecule is OC1CCCCNCC1. The smallest absolute Gasteiger partial charge is 0.0552 e. The maximum Gasteiger partial charge on any atom is 0.0552 e. The van der Waals surface area contributed by atoms with Crippen LogP contribution in [0.3, 0.4) is 0 Å². The molecule has 1 atom stereocenters. The van der Waals surface area contributed by atoms with Crippen LogP contribution in [0.25, 0.3) is 0 Å². The lowest BCUT2D eigenvalue weighted by molar-refractivity contribution is 0.145. The summed E-state index contributed by atoms with van der Waals surface area (Å²) in [4.78, 5) is 0. The number of rotatable bonds is 0. The van der Waals surface area contributed by atoms with E-state index in [2.05, 4.69) is 5.32 Å². The molecule has 1 rings (SSSR count). The van der Waals surface area contributed by atoms with Gasteiger partial charge in [0, 0.05) is 0 Å². The van der Waals surface area contributed by atoms with E-state index in [1.807, 2.05) is 0 Å². The molecule has 2 nitrogen and oxygen atoms in total. The van der Waals surface area contributed by atoms with Gasteiger partial charge in [-0.2, -0.15) is 0 Å². The fourth-order valence-corrected chi connectivity index (χ4v) is 1.17. The van der Waals surface area contributed by atoms with Crippen molar-refractivity contribution in [3.63, 3.8) is 0 Å². The Kier molecular flexibility index (Phi) is 3.01. The molecule has 1 aliphatic rings. The van der Waals surface area contributed by atoms with Gasteiger partial charge < -0.3 is 10.4 Å². The second-order valence-electron chi connectivity index (χ2n) is 2.69. The molecule has 2 heteroatoms. The quantitative estimate of drug-likeness (QED) is 0.499. The molecule has 0 aromatic carbocycles. The van der Waals surface area contributed by atoms with E-state index in [4.69, 9.17) is 0 Å². The zero-order valence-electron chi connectivity index (χ0n) is 5.77. The van der Waals surface area contributed by atoms with Crippen molar-refractivity contribution >= 4 is 0 Å². The van der Waals surface area contributed by atoms with Gasteiger partial charge in [0.15, 0.2) is 0 Å². The molecule has 1 heterocycles. The molecular formula is C7H15NO. The van der Waals surface area contributed by atoms with Gasteiger partial charge in [0.2, 0.25) is 0 Å². The summed E-state index contributed by atoms with van der Waals surface area (Å²) in [6, 6.07) is 0. The zero-order valence-corrected chi connectivity index (χ0v) is 5.77. The maximum absolute atomic E-state index is 9.17. The Balaban J connectivity index is 2.12. The summed E-state index contributed by atoms with van der Waals surface area (Å²) in [5.41, 5.74) is 0. The van der Waals surface area contributed by atoms with E-state index >= 15 is 0 Å². The minimum absolute atomic E-state index is 0.0437. The largest absolute Gasteiger partial charge is 0.393 e. The normalized spacial score (nSPS) is 31.0. The Labute approximate surface area is 56.3 Å². The highest BCUT2D eigenvalue weighted by Gasteiger charge is 2.05. The second kappa shape index (κ2) is 3.85. The molecule has 2 N–H and O–H groups in total. The molecule has 0 amide bonds. The lowest BCUT2D eigenvalue weighted by Gasteiger charge is -2.14. The first-order valence-corrected chi connectivity index (χ1v) is 3.78. The van der Waals surface area contributed by atoms with E-state index in [-0.39, 0.29) is 6.10 Å². The van der Waals surface area contributed by atoms with Crippen LogP contribution in [-0.4, -0.2) is 24.3 Å². The summed E-state index contributed by atoms with van der Waals surface area (Å²) in [6.45, 7) is 2.12. The van der Waals surface area contributed by atoms with Crippen molar-refractivity contribution in [1.29, 1.82) is 0 Å². The first-order valence-electron chi connectivity index (χ1n) is 3.78. The highest BCUT2D eigenvalue weighted by molar-refractivity contribution is 4.62. The summed E-state index contributed by atoms with van der Waals surface area (Å²) in [5.74, 6) is 0. The molecule has 1 aliphatic heterocycles. The van der Waals surface area contributed by atoms with E-state index in [9.17, 15) is 5.11 Å². The number of nitrogens with one attached hydrogen (secondary N) is 1. The fourth-order valence-electron chi connectivity index (χ4n) is 1.17. The summed E-state index contributed by atoms with van der Waals surface area (Å²) >= 11 is 0. The third-order valence-corrected chi connectivity index (χ3v) is 1.80. The van der Waals surface area contributed by atoms with Crippen molar-refractivity contribution in [2.24, 2.45) is 0 Å². The zero-order chi connectivity index (χ0) is 6.53. The molecule has 1 fully saturated rings. The van der Waals surface area contributed by atoms with Crippen LogP contribution in [0.5, 0.6) is 0 Å². The molecular weight excluding hydrogens is 114 g/mol. The van der Waals surface area contributed by atoms with Gasteiger partial charge in [-0.25, -0.2) is 0 Å². The molecule has 9 heavy (non-hydrogen) atoms. The molecule has 1 saturated heterocycles. The molecule has 0 radical (unpaired) electrons. The highest BCUT2D eigenvalue weighted by Crippen LogP contribution is 2.05. The van der Waals surface area contributed by atoms with E-state index < -0.39 is 0 Å². The number of hydrogen-bond donors (Lipinski definition) is 2. The van der Waals surface area contributed by atoms with Gasteiger partial charge >= 0.3 is 0 Å².